The van der Waals surface area contributed by atoms with Crippen LogP contribution in [-0.2, 0) is 6.18 Å². The highest BCUT2D eigenvalue weighted by Crippen LogP contribution is 2.39. The van der Waals surface area contributed by atoms with Crippen molar-refractivity contribution in [2.24, 2.45) is 0 Å². The molecule has 0 fully saturated rings. The van der Waals surface area contributed by atoms with E-state index in [4.69, 9.17) is 5.26 Å². The largest absolute Gasteiger partial charge is 0.496 e. The number of alkyl halides is 4. The topological polar surface area (TPSA) is 50.1 Å². The number of ketones is 1. The molecule has 0 aliphatic rings. The number of benzene rings is 1. The number of ether oxygens (including phenoxy) is 1. The van der Waals surface area contributed by atoms with Crippen LogP contribution in [0.4, 0.5) is 13.2 Å². The molecule has 0 atom stereocenters. The van der Waals surface area contributed by atoms with Gasteiger partial charge in [0.05, 0.1) is 24.1 Å². The summed E-state index contributed by atoms with van der Waals surface area (Å²) in [5.74, 6) is -1.30. The Labute approximate surface area is 109 Å². The van der Waals surface area contributed by atoms with Crippen LogP contribution in [0.15, 0.2) is 12.1 Å². The highest BCUT2D eigenvalue weighted by atomic mass is 79.9. The fraction of sp³-hybridized carbons (Fsp3) is 0.273. The van der Waals surface area contributed by atoms with Gasteiger partial charge in [0.15, 0.2) is 5.78 Å². The molecule has 96 valence electrons. The SMILES string of the molecule is COc1cc(C#N)cc(C(=O)CBr)c1C(F)(F)F. The van der Waals surface area contributed by atoms with Crippen molar-refractivity contribution in [3.05, 3.63) is 28.8 Å². The first kappa shape index (κ1) is 14.5. The molecule has 0 unspecified atom stereocenters. The van der Waals surface area contributed by atoms with Crippen LogP contribution in [0.25, 0.3) is 0 Å². The van der Waals surface area contributed by atoms with E-state index in [1.54, 1.807) is 6.07 Å². The molecule has 0 aliphatic heterocycles. The van der Waals surface area contributed by atoms with Crippen molar-refractivity contribution in [3.63, 3.8) is 0 Å². The van der Waals surface area contributed by atoms with Crippen molar-refractivity contribution in [2.45, 2.75) is 6.18 Å². The first-order valence-electron chi connectivity index (χ1n) is 4.63. The number of halogens is 4. The van der Waals surface area contributed by atoms with Gasteiger partial charge in [-0.25, -0.2) is 0 Å². The number of carbonyl (C=O) groups is 1. The molecule has 18 heavy (non-hydrogen) atoms. The lowest BCUT2D eigenvalue weighted by atomic mass is 9.99. The Bertz CT molecular complexity index is 520. The number of hydrogen-bond donors (Lipinski definition) is 0. The van der Waals surface area contributed by atoms with Gasteiger partial charge in [0.2, 0.25) is 0 Å². The maximum atomic E-state index is 12.9. The minimum Gasteiger partial charge on any atom is -0.496 e. The maximum absolute atomic E-state index is 12.9. The van der Waals surface area contributed by atoms with E-state index in [1.807, 2.05) is 0 Å². The molecule has 0 spiro atoms. The third-order valence-corrected chi connectivity index (χ3v) is 2.67. The zero-order chi connectivity index (χ0) is 13.9. The molecule has 0 saturated carbocycles. The second-order valence-electron chi connectivity index (χ2n) is 3.27. The van der Waals surface area contributed by atoms with Crippen molar-refractivity contribution in [1.29, 1.82) is 5.26 Å². The van der Waals surface area contributed by atoms with Gasteiger partial charge in [0, 0.05) is 5.56 Å². The zero-order valence-electron chi connectivity index (χ0n) is 9.14. The molecule has 1 rings (SSSR count). The Kier molecular flexibility index (Phi) is 4.35. The number of methoxy groups -OCH3 is 1. The lowest BCUT2D eigenvalue weighted by Gasteiger charge is -2.15. The van der Waals surface area contributed by atoms with Crippen LogP contribution in [0, 0.1) is 11.3 Å². The highest BCUT2D eigenvalue weighted by Gasteiger charge is 2.39. The van der Waals surface area contributed by atoms with Gasteiger partial charge < -0.3 is 4.74 Å². The molecule has 0 radical (unpaired) electrons. The average molecular weight is 322 g/mol. The van der Waals surface area contributed by atoms with Crippen LogP contribution >= 0.6 is 15.9 Å². The van der Waals surface area contributed by atoms with E-state index in [0.717, 1.165) is 19.2 Å². The molecule has 0 N–H and O–H groups in total. The van der Waals surface area contributed by atoms with E-state index < -0.39 is 28.8 Å². The molecule has 3 nitrogen and oxygen atoms in total. The Morgan fingerprint density at radius 3 is 2.50 bits per heavy atom. The van der Waals surface area contributed by atoms with Gasteiger partial charge in [0.25, 0.3) is 0 Å². The molecule has 0 aliphatic carbocycles. The second-order valence-corrected chi connectivity index (χ2v) is 3.83. The first-order valence-corrected chi connectivity index (χ1v) is 5.75. The van der Waals surface area contributed by atoms with Crippen LogP contribution in [0.3, 0.4) is 0 Å². The number of hydrogen-bond acceptors (Lipinski definition) is 3. The van der Waals surface area contributed by atoms with Crippen LogP contribution in [-0.4, -0.2) is 18.2 Å². The van der Waals surface area contributed by atoms with E-state index in [1.165, 1.54) is 0 Å². The fourth-order valence-corrected chi connectivity index (χ4v) is 1.73. The van der Waals surface area contributed by atoms with Crippen LogP contribution < -0.4 is 4.74 Å². The molecular weight excluding hydrogens is 315 g/mol. The van der Waals surface area contributed by atoms with Gasteiger partial charge in [-0.3, -0.25) is 4.79 Å². The quantitative estimate of drug-likeness (QED) is 0.634. The lowest BCUT2D eigenvalue weighted by molar-refractivity contribution is -0.139. The van der Waals surface area contributed by atoms with Crippen molar-refractivity contribution in [3.8, 4) is 11.8 Å². The standard InChI is InChI=1S/C11H7BrF3NO2/c1-18-9-3-6(5-16)2-7(8(17)4-12)10(9)11(13,14)15/h2-3H,4H2,1H3. The highest BCUT2D eigenvalue weighted by molar-refractivity contribution is 9.09. The number of nitriles is 1. The molecule has 1 aromatic rings. The van der Waals surface area contributed by atoms with Crippen molar-refractivity contribution in [1.82, 2.24) is 0 Å². The first-order chi connectivity index (χ1) is 8.35. The van der Waals surface area contributed by atoms with E-state index in [-0.39, 0.29) is 10.9 Å². The minimum atomic E-state index is -4.73. The third kappa shape index (κ3) is 2.82. The number of carbonyl (C=O) groups excluding carboxylic acids is 1. The van der Waals surface area contributed by atoms with E-state index in [9.17, 15) is 18.0 Å². The van der Waals surface area contributed by atoms with Crippen LogP contribution in [0.5, 0.6) is 5.75 Å². The molecule has 1 aromatic carbocycles. The van der Waals surface area contributed by atoms with Gasteiger partial charge in [0.1, 0.15) is 11.3 Å². The van der Waals surface area contributed by atoms with Crippen LogP contribution in [0.1, 0.15) is 21.5 Å². The normalized spacial score (nSPS) is 10.9. The molecule has 0 saturated heterocycles. The van der Waals surface area contributed by atoms with Gasteiger partial charge in [-0.15, -0.1) is 0 Å². The molecular formula is C11H7BrF3NO2. The summed E-state index contributed by atoms with van der Waals surface area (Å²) < 4.78 is 43.3. The summed E-state index contributed by atoms with van der Waals surface area (Å²) in [7, 11) is 1.05. The smallest absolute Gasteiger partial charge is 0.420 e. The summed E-state index contributed by atoms with van der Waals surface area (Å²) in [6, 6.07) is 3.55. The summed E-state index contributed by atoms with van der Waals surface area (Å²) in [4.78, 5) is 11.5. The molecule has 0 heterocycles. The third-order valence-electron chi connectivity index (χ3n) is 2.16. The molecule has 0 aromatic heterocycles. The zero-order valence-corrected chi connectivity index (χ0v) is 10.7. The van der Waals surface area contributed by atoms with Crippen molar-refractivity contribution >= 4 is 21.7 Å². The molecule has 0 bridgehead atoms. The minimum absolute atomic E-state index is 0.0656. The second kappa shape index (κ2) is 5.40. The Morgan fingerprint density at radius 1 is 1.50 bits per heavy atom. The van der Waals surface area contributed by atoms with E-state index in [2.05, 4.69) is 20.7 Å². The van der Waals surface area contributed by atoms with E-state index in [0.29, 0.717) is 0 Å². The van der Waals surface area contributed by atoms with Crippen molar-refractivity contribution < 1.29 is 22.7 Å². The summed E-state index contributed by atoms with van der Waals surface area (Å²) in [6.07, 6.45) is -4.73. The lowest BCUT2D eigenvalue weighted by Crippen LogP contribution is -2.16. The van der Waals surface area contributed by atoms with Gasteiger partial charge in [-0.1, -0.05) is 15.9 Å². The van der Waals surface area contributed by atoms with Crippen molar-refractivity contribution in [2.75, 3.05) is 12.4 Å². The summed E-state index contributed by atoms with van der Waals surface area (Å²) in [5.41, 5.74) is -1.80. The maximum Gasteiger partial charge on any atom is 0.420 e. The van der Waals surface area contributed by atoms with E-state index >= 15 is 0 Å². The number of Topliss-reactive ketones (excluding diaryl/α,β-unsaturated/α-hetero) is 1. The average Bonchev–Trinajstić information content (AvgIpc) is 2.34. The summed E-state index contributed by atoms with van der Waals surface area (Å²) in [6.45, 7) is 0. The Morgan fingerprint density at radius 2 is 2.11 bits per heavy atom. The van der Waals surface area contributed by atoms with Gasteiger partial charge in [-0.2, -0.15) is 18.4 Å². The monoisotopic (exact) mass is 321 g/mol. The van der Waals surface area contributed by atoms with Gasteiger partial charge >= 0.3 is 6.18 Å². The van der Waals surface area contributed by atoms with Crippen LogP contribution in [0.2, 0.25) is 0 Å². The molecule has 0 amide bonds. The Balaban J connectivity index is 3.64. The number of rotatable bonds is 3. The fourth-order valence-electron chi connectivity index (χ4n) is 1.43. The van der Waals surface area contributed by atoms with Gasteiger partial charge in [-0.05, 0) is 12.1 Å². The Hall–Kier alpha value is -1.55. The predicted octanol–water partition coefficient (Wildman–Crippen LogP) is 3.16. The molecule has 7 heteroatoms. The number of nitrogens with zero attached hydrogens (tertiary/aromatic N) is 1. The summed E-state index contributed by atoms with van der Waals surface area (Å²) in [5, 5.41) is 8.45. The predicted molar refractivity (Wildman–Crippen MR) is 60.8 cm³/mol. The summed E-state index contributed by atoms with van der Waals surface area (Å²) >= 11 is 2.80.